The largest absolute Gasteiger partial charge is 0.457 e. The number of rotatable bonds is 7. The van der Waals surface area contributed by atoms with Crippen LogP contribution < -0.4 is 26.0 Å². The third kappa shape index (κ3) is 5.67. The highest BCUT2D eigenvalue weighted by Gasteiger charge is 2.27. The number of benzene rings is 2. The fourth-order valence-electron chi connectivity index (χ4n) is 3.53. The average Bonchev–Trinajstić information content (AvgIpc) is 3.28. The van der Waals surface area contributed by atoms with Gasteiger partial charge in [0.25, 0.3) is 0 Å². The molecule has 2 aromatic carbocycles. The minimum absolute atomic E-state index is 0.0471. The fraction of sp³-hybridized carbons (Fsp3) is 0.217. The molecule has 10 heteroatoms. The van der Waals surface area contributed by atoms with E-state index in [0.717, 1.165) is 12.2 Å². The van der Waals surface area contributed by atoms with Gasteiger partial charge >= 0.3 is 6.03 Å². The molecule has 1 saturated heterocycles. The van der Waals surface area contributed by atoms with Crippen LogP contribution in [-0.2, 0) is 4.84 Å². The fourth-order valence-corrected chi connectivity index (χ4v) is 3.53. The first-order chi connectivity index (χ1) is 16.1. The van der Waals surface area contributed by atoms with Crippen molar-refractivity contribution in [3.63, 3.8) is 0 Å². The first-order valence-electron chi connectivity index (χ1n) is 10.4. The Labute approximate surface area is 191 Å². The van der Waals surface area contributed by atoms with Gasteiger partial charge in [-0.2, -0.15) is 0 Å². The second-order valence-electron chi connectivity index (χ2n) is 7.38. The molecule has 2 amide bonds. The van der Waals surface area contributed by atoms with Gasteiger partial charge in [-0.05, 0) is 42.8 Å². The van der Waals surface area contributed by atoms with Crippen LogP contribution in [0.3, 0.4) is 0 Å². The van der Waals surface area contributed by atoms with E-state index in [2.05, 4.69) is 25.8 Å². The third-order valence-corrected chi connectivity index (χ3v) is 5.10. The predicted molar refractivity (Wildman–Crippen MR) is 127 cm³/mol. The molecule has 170 valence electrons. The highest BCUT2D eigenvalue weighted by Crippen LogP contribution is 2.25. The third-order valence-electron chi connectivity index (χ3n) is 5.10. The highest BCUT2D eigenvalue weighted by molar-refractivity contribution is 5.92. The zero-order valence-corrected chi connectivity index (χ0v) is 18.1. The van der Waals surface area contributed by atoms with Gasteiger partial charge in [0.1, 0.15) is 36.6 Å². The lowest BCUT2D eigenvalue weighted by Crippen LogP contribution is -2.40. The standard InChI is InChI=1S/C23H25N7O3/c1-32-27-13-20-21(24)25-15-26-22(20)30-12-11-17(14-30)29-23(31)28-16-7-9-19(10-8-16)33-18-5-3-2-4-6-18/h2-10,13,15,17H,11-12,14H2,1H3,(H2,24,25,26)(H2,28,29,31). The molecule has 0 saturated carbocycles. The molecule has 1 aliphatic rings. The number of hydrogen-bond donors (Lipinski definition) is 3. The molecule has 4 rings (SSSR count). The molecule has 0 spiro atoms. The van der Waals surface area contributed by atoms with Crippen molar-refractivity contribution in [1.82, 2.24) is 15.3 Å². The van der Waals surface area contributed by atoms with E-state index >= 15 is 0 Å². The van der Waals surface area contributed by atoms with Gasteiger partial charge < -0.3 is 30.8 Å². The number of nitrogens with zero attached hydrogens (tertiary/aromatic N) is 4. The summed E-state index contributed by atoms with van der Waals surface area (Å²) in [7, 11) is 1.45. The van der Waals surface area contributed by atoms with Crippen molar-refractivity contribution in [3.05, 3.63) is 66.5 Å². The number of nitrogens with one attached hydrogen (secondary N) is 2. The van der Waals surface area contributed by atoms with E-state index in [1.807, 2.05) is 47.4 Å². The molecule has 1 fully saturated rings. The van der Waals surface area contributed by atoms with Crippen molar-refractivity contribution in [2.24, 2.45) is 5.16 Å². The van der Waals surface area contributed by atoms with Crippen LogP contribution in [0.2, 0.25) is 0 Å². The topological polar surface area (TPSA) is 127 Å². The summed E-state index contributed by atoms with van der Waals surface area (Å²) in [5.41, 5.74) is 7.23. The van der Waals surface area contributed by atoms with E-state index in [1.165, 1.54) is 19.7 Å². The number of aromatic nitrogens is 2. The molecule has 4 N–H and O–H groups in total. The predicted octanol–water partition coefficient (Wildman–Crippen LogP) is 3.23. The van der Waals surface area contributed by atoms with E-state index in [-0.39, 0.29) is 12.1 Å². The van der Waals surface area contributed by atoms with Gasteiger partial charge in [0, 0.05) is 24.8 Å². The van der Waals surface area contributed by atoms with Crippen molar-refractivity contribution in [1.29, 1.82) is 0 Å². The molecular weight excluding hydrogens is 422 g/mol. The average molecular weight is 447 g/mol. The van der Waals surface area contributed by atoms with Crippen LogP contribution in [0.4, 0.5) is 22.1 Å². The van der Waals surface area contributed by atoms with Crippen molar-refractivity contribution < 1.29 is 14.4 Å². The minimum atomic E-state index is -0.276. The normalized spacial score (nSPS) is 15.4. The van der Waals surface area contributed by atoms with Crippen LogP contribution in [0.1, 0.15) is 12.0 Å². The van der Waals surface area contributed by atoms with Crippen LogP contribution >= 0.6 is 0 Å². The van der Waals surface area contributed by atoms with Gasteiger partial charge in [-0.25, -0.2) is 14.8 Å². The lowest BCUT2D eigenvalue weighted by molar-refractivity contribution is 0.215. The lowest BCUT2D eigenvalue weighted by atomic mass is 10.2. The van der Waals surface area contributed by atoms with Crippen LogP contribution in [0.25, 0.3) is 0 Å². The summed E-state index contributed by atoms with van der Waals surface area (Å²) >= 11 is 0. The summed E-state index contributed by atoms with van der Waals surface area (Å²) in [4.78, 5) is 27.6. The molecule has 33 heavy (non-hydrogen) atoms. The lowest BCUT2D eigenvalue weighted by Gasteiger charge is -2.20. The number of ether oxygens (including phenoxy) is 1. The van der Waals surface area contributed by atoms with Gasteiger partial charge in [-0.15, -0.1) is 0 Å². The Kier molecular flexibility index (Phi) is 6.84. The second-order valence-corrected chi connectivity index (χ2v) is 7.38. The Bertz CT molecular complexity index is 1110. The maximum atomic E-state index is 12.5. The first kappa shape index (κ1) is 21.9. The molecule has 0 radical (unpaired) electrons. The van der Waals surface area contributed by atoms with Crippen molar-refractivity contribution in [2.75, 3.05) is 36.1 Å². The Morgan fingerprint density at radius 2 is 1.91 bits per heavy atom. The van der Waals surface area contributed by atoms with Crippen LogP contribution in [0, 0.1) is 0 Å². The van der Waals surface area contributed by atoms with E-state index in [0.29, 0.717) is 41.7 Å². The highest BCUT2D eigenvalue weighted by atomic mass is 16.6. The summed E-state index contributed by atoms with van der Waals surface area (Å²) in [5.74, 6) is 2.41. The molecular formula is C23H25N7O3. The quantitative estimate of drug-likeness (QED) is 0.375. The van der Waals surface area contributed by atoms with Gasteiger partial charge in [0.05, 0.1) is 11.8 Å². The van der Waals surface area contributed by atoms with Crippen molar-refractivity contribution >= 4 is 29.6 Å². The molecule has 0 bridgehead atoms. The maximum Gasteiger partial charge on any atom is 0.319 e. The zero-order valence-electron chi connectivity index (χ0n) is 18.1. The van der Waals surface area contributed by atoms with Gasteiger partial charge in [0.15, 0.2) is 0 Å². The number of amides is 2. The number of hydrogen-bond acceptors (Lipinski definition) is 8. The summed E-state index contributed by atoms with van der Waals surface area (Å²) < 4.78 is 5.77. The molecule has 3 aromatic rings. The molecule has 1 aliphatic heterocycles. The van der Waals surface area contributed by atoms with E-state index in [4.69, 9.17) is 15.3 Å². The summed E-state index contributed by atoms with van der Waals surface area (Å²) in [5, 5.41) is 9.64. The van der Waals surface area contributed by atoms with E-state index in [9.17, 15) is 4.79 Å². The first-order valence-corrected chi connectivity index (χ1v) is 10.4. The number of carbonyl (C=O) groups is 1. The number of oxime groups is 1. The monoisotopic (exact) mass is 447 g/mol. The van der Waals surface area contributed by atoms with Crippen LogP contribution in [0.15, 0.2) is 66.1 Å². The van der Waals surface area contributed by atoms with Gasteiger partial charge in [0.2, 0.25) is 0 Å². The SMILES string of the molecule is CON=Cc1c(N)ncnc1N1CCC(NC(=O)Nc2ccc(Oc3ccccc3)cc2)C1. The van der Waals surface area contributed by atoms with E-state index < -0.39 is 0 Å². The zero-order chi connectivity index (χ0) is 23.0. The molecule has 2 heterocycles. The Morgan fingerprint density at radius 1 is 1.15 bits per heavy atom. The van der Waals surface area contributed by atoms with Gasteiger partial charge in [-0.3, -0.25) is 0 Å². The Balaban J connectivity index is 1.31. The number of carbonyl (C=O) groups excluding carboxylic acids is 1. The molecule has 1 unspecified atom stereocenters. The number of para-hydroxylation sites is 1. The number of anilines is 3. The second kappa shape index (κ2) is 10.3. The number of urea groups is 1. The van der Waals surface area contributed by atoms with Crippen LogP contribution in [0.5, 0.6) is 11.5 Å². The number of nitrogens with two attached hydrogens (primary N) is 1. The minimum Gasteiger partial charge on any atom is -0.457 e. The summed E-state index contributed by atoms with van der Waals surface area (Å²) in [6.45, 7) is 1.29. The molecule has 1 atom stereocenters. The summed E-state index contributed by atoms with van der Waals surface area (Å²) in [6.07, 6.45) is 3.67. The molecule has 10 nitrogen and oxygen atoms in total. The van der Waals surface area contributed by atoms with Crippen molar-refractivity contribution in [3.8, 4) is 11.5 Å². The Morgan fingerprint density at radius 3 is 2.67 bits per heavy atom. The maximum absolute atomic E-state index is 12.5. The van der Waals surface area contributed by atoms with Crippen LogP contribution in [-0.4, -0.2) is 48.5 Å². The Hall–Kier alpha value is -4.34. The molecule has 0 aliphatic carbocycles. The van der Waals surface area contributed by atoms with E-state index in [1.54, 1.807) is 12.1 Å². The summed E-state index contributed by atoms with van der Waals surface area (Å²) in [6, 6.07) is 16.4. The van der Waals surface area contributed by atoms with Gasteiger partial charge in [-0.1, -0.05) is 23.4 Å². The van der Waals surface area contributed by atoms with Crippen molar-refractivity contribution in [2.45, 2.75) is 12.5 Å². The number of nitrogen functional groups attached to an aromatic ring is 1. The molecule has 1 aromatic heterocycles. The smallest absolute Gasteiger partial charge is 0.319 e.